The van der Waals surface area contributed by atoms with E-state index in [4.69, 9.17) is 9.72 Å². The highest BCUT2D eigenvalue weighted by Gasteiger charge is 2.29. The van der Waals surface area contributed by atoms with Crippen molar-refractivity contribution in [3.05, 3.63) is 51.3 Å². The van der Waals surface area contributed by atoms with E-state index in [9.17, 15) is 4.79 Å². The van der Waals surface area contributed by atoms with E-state index < -0.39 is 0 Å². The van der Waals surface area contributed by atoms with Gasteiger partial charge in [0.25, 0.3) is 5.56 Å². The predicted molar refractivity (Wildman–Crippen MR) is 106 cm³/mol. The third kappa shape index (κ3) is 3.97. The first-order valence-electron chi connectivity index (χ1n) is 10.7. The lowest BCUT2D eigenvalue weighted by Crippen LogP contribution is -2.35. The highest BCUT2D eigenvalue weighted by atomic mass is 16.5. The van der Waals surface area contributed by atoms with Crippen molar-refractivity contribution in [2.75, 3.05) is 6.54 Å². The molecular weight excluding hydrogens is 352 g/mol. The second-order valence-electron chi connectivity index (χ2n) is 8.49. The van der Waals surface area contributed by atoms with Gasteiger partial charge in [0.05, 0.1) is 11.3 Å². The Balaban J connectivity index is 1.21. The monoisotopic (exact) mass is 380 g/mol. The summed E-state index contributed by atoms with van der Waals surface area (Å²) in [5.41, 5.74) is 3.03. The van der Waals surface area contributed by atoms with E-state index in [-0.39, 0.29) is 5.56 Å². The lowest BCUT2D eigenvalue weighted by Gasteiger charge is -2.27. The lowest BCUT2D eigenvalue weighted by molar-refractivity contribution is 0.148. The van der Waals surface area contributed by atoms with Gasteiger partial charge in [-0.3, -0.25) is 9.69 Å². The Kier molecular flexibility index (Phi) is 4.89. The van der Waals surface area contributed by atoms with Crippen molar-refractivity contribution >= 4 is 0 Å². The molecule has 0 amide bonds. The highest BCUT2D eigenvalue weighted by Crippen LogP contribution is 2.37. The maximum absolute atomic E-state index is 12.5. The Morgan fingerprint density at radius 2 is 2.00 bits per heavy atom. The van der Waals surface area contributed by atoms with Crippen LogP contribution in [0.4, 0.5) is 0 Å². The van der Waals surface area contributed by atoms with E-state index in [2.05, 4.69) is 20.9 Å². The minimum atomic E-state index is 0.0472. The van der Waals surface area contributed by atoms with Crippen molar-refractivity contribution in [1.82, 2.24) is 19.9 Å². The third-order valence-corrected chi connectivity index (χ3v) is 6.17. The average molecular weight is 380 g/mol. The van der Waals surface area contributed by atoms with Crippen molar-refractivity contribution in [1.29, 1.82) is 0 Å². The van der Waals surface area contributed by atoms with Crippen LogP contribution in [0.15, 0.2) is 23.1 Å². The molecule has 0 radical (unpaired) electrons. The van der Waals surface area contributed by atoms with Gasteiger partial charge in [-0.2, -0.15) is 0 Å². The molecule has 1 aliphatic heterocycles. The summed E-state index contributed by atoms with van der Waals surface area (Å²) in [6, 6.07) is 4.08. The smallest absolute Gasteiger partial charge is 0.255 e. The van der Waals surface area contributed by atoms with Gasteiger partial charge in [0.15, 0.2) is 0 Å². The van der Waals surface area contributed by atoms with E-state index in [0.29, 0.717) is 18.6 Å². The van der Waals surface area contributed by atoms with Gasteiger partial charge in [0.1, 0.15) is 11.9 Å². The van der Waals surface area contributed by atoms with E-state index in [1.54, 1.807) is 0 Å². The number of hydrogen-bond donors (Lipinski definition) is 1. The van der Waals surface area contributed by atoms with Gasteiger partial charge in [-0.05, 0) is 44.1 Å². The predicted octanol–water partition coefficient (Wildman–Crippen LogP) is 3.31. The average Bonchev–Trinajstić information content (AvgIpc) is 3.56. The van der Waals surface area contributed by atoms with Crippen LogP contribution in [0, 0.1) is 0 Å². The number of aromatic amines is 1. The van der Waals surface area contributed by atoms with Crippen LogP contribution in [0.1, 0.15) is 73.5 Å². The van der Waals surface area contributed by atoms with Crippen LogP contribution in [0.3, 0.4) is 0 Å². The molecule has 148 valence electrons. The van der Waals surface area contributed by atoms with E-state index >= 15 is 0 Å². The summed E-state index contributed by atoms with van der Waals surface area (Å²) < 4.78 is 6.02. The Labute approximate surface area is 165 Å². The number of nitrogens with one attached hydrogen (secondary N) is 1. The molecule has 0 saturated heterocycles. The Morgan fingerprint density at radius 1 is 1.14 bits per heavy atom. The molecule has 3 aliphatic rings. The molecule has 0 unspecified atom stereocenters. The maximum atomic E-state index is 12.5. The van der Waals surface area contributed by atoms with Crippen LogP contribution in [-0.4, -0.2) is 32.5 Å². The largest absolute Gasteiger partial charge is 0.474 e. The second-order valence-corrected chi connectivity index (χ2v) is 8.49. The summed E-state index contributed by atoms with van der Waals surface area (Å²) in [5.74, 6) is 2.11. The summed E-state index contributed by atoms with van der Waals surface area (Å²) in [6.45, 7) is 2.37. The normalized spacial score (nSPS) is 20.7. The van der Waals surface area contributed by atoms with E-state index in [0.717, 1.165) is 73.7 Å². The van der Waals surface area contributed by atoms with Crippen molar-refractivity contribution in [3.8, 4) is 5.88 Å². The molecule has 6 heteroatoms. The van der Waals surface area contributed by atoms with Crippen LogP contribution in [-0.2, 0) is 19.5 Å². The fourth-order valence-corrected chi connectivity index (χ4v) is 4.37. The van der Waals surface area contributed by atoms with Gasteiger partial charge in [-0.1, -0.05) is 12.5 Å². The first kappa shape index (κ1) is 17.9. The third-order valence-electron chi connectivity index (χ3n) is 6.17. The summed E-state index contributed by atoms with van der Waals surface area (Å²) >= 11 is 0. The van der Waals surface area contributed by atoms with Crippen LogP contribution in [0.5, 0.6) is 5.88 Å². The van der Waals surface area contributed by atoms with Crippen molar-refractivity contribution in [2.45, 2.75) is 76.5 Å². The van der Waals surface area contributed by atoms with Crippen LogP contribution in [0.2, 0.25) is 0 Å². The molecule has 2 saturated carbocycles. The summed E-state index contributed by atoms with van der Waals surface area (Å²) in [4.78, 5) is 27.0. The molecule has 6 nitrogen and oxygen atoms in total. The molecule has 28 heavy (non-hydrogen) atoms. The zero-order valence-electron chi connectivity index (χ0n) is 16.3. The summed E-state index contributed by atoms with van der Waals surface area (Å²) in [7, 11) is 0. The van der Waals surface area contributed by atoms with Gasteiger partial charge in [-0.25, -0.2) is 9.97 Å². The van der Waals surface area contributed by atoms with Gasteiger partial charge in [0.2, 0.25) is 5.88 Å². The van der Waals surface area contributed by atoms with Gasteiger partial charge < -0.3 is 9.72 Å². The van der Waals surface area contributed by atoms with Crippen LogP contribution >= 0.6 is 0 Å². The number of ether oxygens (including phenoxy) is 1. The number of fused-ring (bicyclic) bond motifs is 1. The van der Waals surface area contributed by atoms with Crippen molar-refractivity contribution in [3.63, 3.8) is 0 Å². The van der Waals surface area contributed by atoms with Crippen molar-refractivity contribution in [2.24, 2.45) is 0 Å². The number of nitrogens with zero attached hydrogens (tertiary/aromatic N) is 3. The second kappa shape index (κ2) is 7.66. The molecule has 2 fully saturated rings. The van der Waals surface area contributed by atoms with Crippen molar-refractivity contribution < 1.29 is 4.74 Å². The molecule has 0 spiro atoms. The summed E-state index contributed by atoms with van der Waals surface area (Å²) in [6.07, 6.45) is 11.5. The number of hydrogen-bond acceptors (Lipinski definition) is 5. The zero-order chi connectivity index (χ0) is 18.9. The maximum Gasteiger partial charge on any atom is 0.255 e. The van der Waals surface area contributed by atoms with E-state index in [1.165, 1.54) is 19.3 Å². The molecule has 1 N–H and O–H groups in total. The summed E-state index contributed by atoms with van der Waals surface area (Å²) in [5, 5.41) is 0. The number of pyridine rings is 1. The molecule has 2 aliphatic carbocycles. The molecule has 5 rings (SSSR count). The molecular formula is C22H28N4O2. The molecule has 2 aromatic heterocycles. The first-order valence-corrected chi connectivity index (χ1v) is 10.7. The van der Waals surface area contributed by atoms with Gasteiger partial charge in [0, 0.05) is 44.2 Å². The molecule has 3 heterocycles. The Morgan fingerprint density at radius 3 is 2.75 bits per heavy atom. The molecule has 2 aromatic rings. The Hall–Kier alpha value is -2.21. The fourth-order valence-electron chi connectivity index (χ4n) is 4.37. The molecule has 0 aromatic carbocycles. The number of H-pyrrole nitrogens is 1. The molecule has 0 bridgehead atoms. The van der Waals surface area contributed by atoms with Gasteiger partial charge >= 0.3 is 0 Å². The first-order chi connectivity index (χ1) is 13.7. The minimum absolute atomic E-state index is 0.0472. The number of aromatic nitrogens is 3. The standard InChI is InChI=1S/C22H28N4O2/c27-22-18-14-26(11-10-19(18)24-21(25-22)16-7-8-16)13-15-6-9-20(23-12-15)28-17-4-2-1-3-5-17/h6,9,12,16-17H,1-5,7-8,10-11,13-14H2,(H,24,25,27). The lowest BCUT2D eigenvalue weighted by atomic mass is 9.98. The van der Waals surface area contributed by atoms with Crippen LogP contribution in [0.25, 0.3) is 0 Å². The highest BCUT2D eigenvalue weighted by molar-refractivity contribution is 5.24. The fraction of sp³-hybridized carbons (Fsp3) is 0.591. The molecule has 0 atom stereocenters. The Bertz CT molecular complexity index is 882. The minimum Gasteiger partial charge on any atom is -0.474 e. The SMILES string of the molecule is O=c1[nH]c(C2CC2)nc2c1CN(Cc1ccc(OC3CCCCC3)nc1)CC2. The zero-order valence-corrected chi connectivity index (χ0v) is 16.3. The van der Waals surface area contributed by atoms with Gasteiger partial charge in [-0.15, -0.1) is 0 Å². The topological polar surface area (TPSA) is 71.1 Å². The number of rotatable bonds is 5. The van der Waals surface area contributed by atoms with E-state index in [1.807, 2.05) is 12.3 Å². The quantitative estimate of drug-likeness (QED) is 0.862. The van der Waals surface area contributed by atoms with Crippen LogP contribution < -0.4 is 10.3 Å².